The van der Waals surface area contributed by atoms with Gasteiger partial charge in [0, 0.05) is 24.0 Å². The van der Waals surface area contributed by atoms with E-state index in [4.69, 9.17) is 16.3 Å². The molecule has 6 heteroatoms. The van der Waals surface area contributed by atoms with Crippen molar-refractivity contribution in [3.63, 3.8) is 0 Å². The molecular formula is C34H41ClN2O3. The van der Waals surface area contributed by atoms with Crippen molar-refractivity contribution in [1.82, 2.24) is 10.2 Å². The molecule has 212 valence electrons. The number of hydrogen-bond donors (Lipinski definition) is 1. The molecule has 0 saturated heterocycles. The summed E-state index contributed by atoms with van der Waals surface area (Å²) in [7, 11) is 0. The van der Waals surface area contributed by atoms with E-state index in [0.29, 0.717) is 17.2 Å². The Hall–Kier alpha value is -3.31. The fourth-order valence-corrected chi connectivity index (χ4v) is 5.45. The van der Waals surface area contributed by atoms with Gasteiger partial charge in [-0.15, -0.1) is 0 Å². The van der Waals surface area contributed by atoms with Crippen LogP contribution in [0.25, 0.3) is 0 Å². The number of amides is 2. The SMILES string of the molecule is CC(C)(C)c1ccccc1OCC(=O)N(Cc1ccc(Cl)cc1)[C@@H](Cc1ccccc1)C(=O)NC1CCCCC1. The summed E-state index contributed by atoms with van der Waals surface area (Å²) in [6.45, 7) is 6.47. The maximum absolute atomic E-state index is 14.0. The minimum absolute atomic E-state index is 0.117. The molecule has 1 atom stereocenters. The van der Waals surface area contributed by atoms with E-state index < -0.39 is 6.04 Å². The van der Waals surface area contributed by atoms with Crippen LogP contribution in [0.3, 0.4) is 0 Å². The average molecular weight is 561 g/mol. The van der Waals surface area contributed by atoms with Crippen molar-refractivity contribution in [3.8, 4) is 5.75 Å². The number of rotatable bonds is 10. The molecule has 1 saturated carbocycles. The molecule has 1 aliphatic carbocycles. The fraction of sp³-hybridized carbons (Fsp3) is 0.412. The molecular weight excluding hydrogens is 520 g/mol. The zero-order chi connectivity index (χ0) is 28.5. The second-order valence-electron chi connectivity index (χ2n) is 11.7. The summed E-state index contributed by atoms with van der Waals surface area (Å²) in [5, 5.41) is 3.90. The lowest BCUT2D eigenvalue weighted by Gasteiger charge is -2.33. The first-order chi connectivity index (χ1) is 19.2. The van der Waals surface area contributed by atoms with Gasteiger partial charge in [-0.25, -0.2) is 0 Å². The van der Waals surface area contributed by atoms with Crippen LogP contribution in [0.15, 0.2) is 78.9 Å². The van der Waals surface area contributed by atoms with Gasteiger partial charge in [-0.05, 0) is 53.1 Å². The van der Waals surface area contributed by atoms with Gasteiger partial charge < -0.3 is 15.0 Å². The molecule has 1 N–H and O–H groups in total. The molecule has 0 aromatic heterocycles. The van der Waals surface area contributed by atoms with E-state index in [1.165, 1.54) is 6.42 Å². The largest absolute Gasteiger partial charge is 0.483 e. The minimum atomic E-state index is -0.686. The maximum Gasteiger partial charge on any atom is 0.261 e. The van der Waals surface area contributed by atoms with Gasteiger partial charge in [0.15, 0.2) is 6.61 Å². The highest BCUT2D eigenvalue weighted by Crippen LogP contribution is 2.31. The first-order valence-electron chi connectivity index (χ1n) is 14.3. The smallest absolute Gasteiger partial charge is 0.261 e. The van der Waals surface area contributed by atoms with Crippen LogP contribution in [-0.2, 0) is 28.0 Å². The Labute approximate surface area is 243 Å². The average Bonchev–Trinajstić information content (AvgIpc) is 2.95. The van der Waals surface area contributed by atoms with E-state index in [1.54, 1.807) is 4.90 Å². The van der Waals surface area contributed by atoms with Crippen molar-refractivity contribution >= 4 is 23.4 Å². The Balaban J connectivity index is 1.63. The first-order valence-corrected chi connectivity index (χ1v) is 14.7. The van der Waals surface area contributed by atoms with Crippen LogP contribution in [0.4, 0.5) is 0 Å². The Morgan fingerprint density at radius 2 is 1.55 bits per heavy atom. The highest BCUT2D eigenvalue weighted by molar-refractivity contribution is 6.30. The Kier molecular flexibility index (Phi) is 10.3. The minimum Gasteiger partial charge on any atom is -0.483 e. The van der Waals surface area contributed by atoms with Crippen molar-refractivity contribution in [2.75, 3.05) is 6.61 Å². The molecule has 0 heterocycles. The van der Waals surface area contributed by atoms with Gasteiger partial charge in [0.25, 0.3) is 5.91 Å². The monoisotopic (exact) mass is 560 g/mol. The molecule has 0 spiro atoms. The van der Waals surface area contributed by atoms with Crippen molar-refractivity contribution in [2.24, 2.45) is 0 Å². The quantitative estimate of drug-likeness (QED) is 0.287. The van der Waals surface area contributed by atoms with Gasteiger partial charge in [-0.2, -0.15) is 0 Å². The standard InChI is InChI=1S/C34H41ClN2O3/c1-34(2,3)29-16-10-11-17-31(29)40-24-32(38)37(23-26-18-20-27(35)21-19-26)30(22-25-12-6-4-7-13-25)33(39)36-28-14-8-5-9-15-28/h4,6-7,10-13,16-21,28,30H,5,8-9,14-15,22-24H2,1-3H3,(H,36,39)/t30-/m0/s1. The summed E-state index contributed by atoms with van der Waals surface area (Å²) in [6, 6.07) is 24.6. The normalized spacial score (nSPS) is 14.8. The molecule has 3 aromatic carbocycles. The predicted molar refractivity (Wildman–Crippen MR) is 162 cm³/mol. The third kappa shape index (κ3) is 8.34. The van der Waals surface area contributed by atoms with Gasteiger partial charge in [0.05, 0.1) is 0 Å². The summed E-state index contributed by atoms with van der Waals surface area (Å²) in [5.41, 5.74) is 2.79. The van der Waals surface area contributed by atoms with Gasteiger partial charge in [0.1, 0.15) is 11.8 Å². The summed E-state index contributed by atoms with van der Waals surface area (Å²) < 4.78 is 6.15. The number of ether oxygens (including phenoxy) is 1. The molecule has 0 aliphatic heterocycles. The van der Waals surface area contributed by atoms with Crippen LogP contribution in [0, 0.1) is 0 Å². The topological polar surface area (TPSA) is 58.6 Å². The van der Waals surface area contributed by atoms with E-state index in [0.717, 1.165) is 42.4 Å². The van der Waals surface area contributed by atoms with Crippen LogP contribution in [0.2, 0.25) is 5.02 Å². The number of nitrogens with one attached hydrogen (secondary N) is 1. The van der Waals surface area contributed by atoms with Gasteiger partial charge in [-0.3, -0.25) is 9.59 Å². The second kappa shape index (κ2) is 13.8. The summed E-state index contributed by atoms with van der Waals surface area (Å²) in [4.78, 5) is 29.5. The third-order valence-corrected chi connectivity index (χ3v) is 7.79. The van der Waals surface area contributed by atoms with E-state index in [1.807, 2.05) is 78.9 Å². The molecule has 5 nitrogen and oxygen atoms in total. The zero-order valence-corrected chi connectivity index (χ0v) is 24.6. The molecule has 1 fully saturated rings. The number of carbonyl (C=O) groups excluding carboxylic acids is 2. The molecule has 0 radical (unpaired) electrons. The Bertz CT molecular complexity index is 1250. The van der Waals surface area contributed by atoms with Crippen LogP contribution in [-0.4, -0.2) is 35.4 Å². The van der Waals surface area contributed by atoms with E-state index in [-0.39, 0.29) is 36.4 Å². The predicted octanol–water partition coefficient (Wildman–Crippen LogP) is 7.11. The molecule has 2 amide bonds. The maximum atomic E-state index is 14.0. The highest BCUT2D eigenvalue weighted by Gasteiger charge is 2.32. The number of benzene rings is 3. The van der Waals surface area contributed by atoms with E-state index >= 15 is 0 Å². The molecule has 0 unspecified atom stereocenters. The van der Waals surface area contributed by atoms with Gasteiger partial charge in [-0.1, -0.05) is 112 Å². The number of para-hydroxylation sites is 1. The molecule has 40 heavy (non-hydrogen) atoms. The fourth-order valence-electron chi connectivity index (χ4n) is 5.32. The van der Waals surface area contributed by atoms with Crippen LogP contribution in [0.5, 0.6) is 5.75 Å². The van der Waals surface area contributed by atoms with Gasteiger partial charge >= 0.3 is 0 Å². The second-order valence-corrected chi connectivity index (χ2v) is 12.2. The number of halogens is 1. The van der Waals surface area contributed by atoms with E-state index in [9.17, 15) is 9.59 Å². The van der Waals surface area contributed by atoms with Gasteiger partial charge in [0.2, 0.25) is 5.91 Å². The Morgan fingerprint density at radius 1 is 0.900 bits per heavy atom. The summed E-state index contributed by atoms with van der Waals surface area (Å²) in [6.07, 6.45) is 5.79. The molecule has 1 aliphatic rings. The molecule has 0 bridgehead atoms. The zero-order valence-electron chi connectivity index (χ0n) is 23.9. The number of carbonyl (C=O) groups is 2. The van der Waals surface area contributed by atoms with Crippen LogP contribution >= 0.6 is 11.6 Å². The lowest BCUT2D eigenvalue weighted by molar-refractivity contribution is -0.143. The van der Waals surface area contributed by atoms with Crippen LogP contribution < -0.4 is 10.1 Å². The molecule has 3 aromatic rings. The third-order valence-electron chi connectivity index (χ3n) is 7.54. The van der Waals surface area contributed by atoms with Crippen molar-refractivity contribution in [2.45, 2.75) is 83.3 Å². The highest BCUT2D eigenvalue weighted by atomic mass is 35.5. The number of hydrogen-bond acceptors (Lipinski definition) is 3. The lowest BCUT2D eigenvalue weighted by Crippen LogP contribution is -2.53. The summed E-state index contributed by atoms with van der Waals surface area (Å²) >= 11 is 6.14. The Morgan fingerprint density at radius 3 is 2.23 bits per heavy atom. The van der Waals surface area contributed by atoms with E-state index in [2.05, 4.69) is 26.1 Å². The molecule has 4 rings (SSSR count). The van der Waals surface area contributed by atoms with Crippen molar-refractivity contribution in [3.05, 3.63) is 101 Å². The number of nitrogens with zero attached hydrogens (tertiary/aromatic N) is 1. The van der Waals surface area contributed by atoms with Crippen molar-refractivity contribution in [1.29, 1.82) is 0 Å². The lowest BCUT2D eigenvalue weighted by atomic mass is 9.86. The summed E-state index contributed by atoms with van der Waals surface area (Å²) in [5.74, 6) is 0.326. The van der Waals surface area contributed by atoms with Crippen LogP contribution in [0.1, 0.15) is 69.6 Å². The first kappa shape index (κ1) is 29.7. The van der Waals surface area contributed by atoms with Crippen molar-refractivity contribution < 1.29 is 14.3 Å².